The first-order valence-electron chi connectivity index (χ1n) is 4.94. The second-order valence-corrected chi connectivity index (χ2v) is 6.45. The van der Waals surface area contributed by atoms with Gasteiger partial charge >= 0.3 is 12.8 Å². The highest BCUT2D eigenvalue weighted by Crippen LogP contribution is 2.48. The number of ether oxygens (including phenoxy) is 1. The number of carbonyl (C=O) groups excluding carboxylic acids is 1. The topological polar surface area (TPSA) is 64.6 Å². The Kier molecular flexibility index (Phi) is 5.71. The van der Waals surface area contributed by atoms with Gasteiger partial charge in [0, 0.05) is 16.3 Å². The quantitative estimate of drug-likeness (QED) is 0.513. The lowest BCUT2D eigenvalue weighted by Crippen LogP contribution is -2.34. The molecule has 1 aromatic rings. The van der Waals surface area contributed by atoms with Gasteiger partial charge in [0.2, 0.25) is 0 Å². The lowest BCUT2D eigenvalue weighted by molar-refractivity contribution is -0.141. The van der Waals surface area contributed by atoms with Crippen molar-refractivity contribution in [1.82, 2.24) is 5.09 Å². The van der Waals surface area contributed by atoms with E-state index < -0.39 is 18.9 Å². The van der Waals surface area contributed by atoms with Crippen molar-refractivity contribution in [2.24, 2.45) is 0 Å². The summed E-state index contributed by atoms with van der Waals surface area (Å²) in [4.78, 5) is 11.2. The van der Waals surface area contributed by atoms with E-state index in [9.17, 15) is 9.36 Å². The standard InChI is InChI=1S/C11H10Cl2NO4P/c1-3-10(11(15)17-2)14-19(13,16)18-9-6-4-8(12)5-7-9/h1,4-7,10H,2H3,(H,14,16)/t10-,19?/m0/s1. The Bertz CT molecular complexity index is 541. The molecule has 1 aromatic carbocycles. The van der Waals surface area contributed by atoms with Gasteiger partial charge < -0.3 is 9.26 Å². The fourth-order valence-corrected chi connectivity index (χ4v) is 2.68. The van der Waals surface area contributed by atoms with Gasteiger partial charge in [-0.3, -0.25) is 0 Å². The number of benzene rings is 1. The molecule has 0 fully saturated rings. The second-order valence-electron chi connectivity index (χ2n) is 3.28. The van der Waals surface area contributed by atoms with Crippen LogP contribution in [0.5, 0.6) is 5.75 Å². The fraction of sp³-hybridized carbons (Fsp3) is 0.182. The smallest absolute Gasteiger partial charge is 0.410 e. The summed E-state index contributed by atoms with van der Waals surface area (Å²) in [5.74, 6) is 1.49. The zero-order valence-electron chi connectivity index (χ0n) is 9.80. The van der Waals surface area contributed by atoms with Gasteiger partial charge in [0.25, 0.3) is 0 Å². The number of esters is 1. The first kappa shape index (κ1) is 15.9. The molecule has 8 heteroatoms. The molecule has 0 spiro atoms. The predicted molar refractivity (Wildman–Crippen MR) is 73.3 cm³/mol. The third-order valence-electron chi connectivity index (χ3n) is 1.92. The average molecular weight is 322 g/mol. The summed E-state index contributed by atoms with van der Waals surface area (Å²) in [6.07, 6.45) is 5.10. The van der Waals surface area contributed by atoms with Gasteiger partial charge in [0.15, 0.2) is 6.04 Å². The number of methoxy groups -OCH3 is 1. The van der Waals surface area contributed by atoms with E-state index in [-0.39, 0.29) is 5.75 Å². The van der Waals surface area contributed by atoms with Crippen LogP contribution in [0.4, 0.5) is 0 Å². The Morgan fingerprint density at radius 1 is 1.47 bits per heavy atom. The first-order chi connectivity index (χ1) is 8.88. The number of halogens is 2. The van der Waals surface area contributed by atoms with Crippen molar-refractivity contribution >= 4 is 35.7 Å². The lowest BCUT2D eigenvalue weighted by atomic mass is 10.3. The van der Waals surface area contributed by atoms with Crippen LogP contribution in [0.1, 0.15) is 0 Å². The SMILES string of the molecule is C#C[C@H](NP(=O)(Cl)Oc1ccc(Cl)cc1)C(=O)OC. The molecule has 0 aliphatic carbocycles. The van der Waals surface area contributed by atoms with E-state index >= 15 is 0 Å². The molecular weight excluding hydrogens is 312 g/mol. The van der Waals surface area contributed by atoms with Crippen molar-refractivity contribution in [1.29, 1.82) is 0 Å². The van der Waals surface area contributed by atoms with Crippen LogP contribution in [-0.4, -0.2) is 19.1 Å². The monoisotopic (exact) mass is 321 g/mol. The number of carbonyl (C=O) groups is 1. The van der Waals surface area contributed by atoms with Crippen molar-refractivity contribution in [2.75, 3.05) is 7.11 Å². The Labute approximate surface area is 120 Å². The largest absolute Gasteiger partial charge is 0.467 e. The maximum Gasteiger partial charge on any atom is 0.410 e. The summed E-state index contributed by atoms with van der Waals surface area (Å²) >= 11 is 11.4. The number of rotatable bonds is 5. The molecule has 0 heterocycles. The first-order valence-corrected chi connectivity index (χ1v) is 7.85. The number of hydrogen-bond donors (Lipinski definition) is 1. The Morgan fingerprint density at radius 2 is 2.05 bits per heavy atom. The highest BCUT2D eigenvalue weighted by molar-refractivity contribution is 7.84. The van der Waals surface area contributed by atoms with Crippen molar-refractivity contribution in [3.63, 3.8) is 0 Å². The molecule has 1 N–H and O–H groups in total. The molecule has 1 rings (SSSR count). The molecule has 102 valence electrons. The molecule has 0 radical (unpaired) electrons. The van der Waals surface area contributed by atoms with Crippen molar-refractivity contribution < 1.29 is 18.6 Å². The molecule has 0 saturated carbocycles. The molecule has 5 nitrogen and oxygen atoms in total. The molecular formula is C11H10Cl2NO4P. The molecule has 0 aliphatic rings. The molecule has 0 aromatic heterocycles. The van der Waals surface area contributed by atoms with Crippen LogP contribution in [0.25, 0.3) is 0 Å². The van der Waals surface area contributed by atoms with E-state index in [4.69, 9.17) is 33.8 Å². The number of hydrogen-bond acceptors (Lipinski definition) is 4. The summed E-state index contributed by atoms with van der Waals surface area (Å²) in [6.45, 7) is -3.83. The third kappa shape index (κ3) is 5.14. The second kappa shape index (κ2) is 6.83. The van der Waals surface area contributed by atoms with E-state index in [1.807, 2.05) is 0 Å². The van der Waals surface area contributed by atoms with Crippen LogP contribution in [0.2, 0.25) is 5.02 Å². The maximum absolute atomic E-state index is 12.0. The Morgan fingerprint density at radius 3 is 2.53 bits per heavy atom. The van der Waals surface area contributed by atoms with Crippen LogP contribution in [-0.2, 0) is 14.1 Å². The zero-order chi connectivity index (χ0) is 14.5. The van der Waals surface area contributed by atoms with Crippen molar-refractivity contribution in [3.05, 3.63) is 29.3 Å². The van der Waals surface area contributed by atoms with Gasteiger partial charge in [-0.15, -0.1) is 6.42 Å². The predicted octanol–water partition coefficient (Wildman–Crippen LogP) is 2.83. The summed E-state index contributed by atoms with van der Waals surface area (Å²) in [7, 11) is 1.15. The highest BCUT2D eigenvalue weighted by atomic mass is 35.7. The van der Waals surface area contributed by atoms with E-state index in [1.165, 1.54) is 24.3 Å². The fourth-order valence-electron chi connectivity index (χ4n) is 1.09. The average Bonchev–Trinajstić information content (AvgIpc) is 2.37. The Hall–Kier alpha value is -1.18. The molecule has 19 heavy (non-hydrogen) atoms. The van der Waals surface area contributed by atoms with E-state index in [1.54, 1.807) is 0 Å². The van der Waals surface area contributed by atoms with E-state index in [2.05, 4.69) is 15.7 Å². The summed E-state index contributed by atoms with van der Waals surface area (Å²) in [5, 5.41) is 2.70. The van der Waals surface area contributed by atoms with Crippen LogP contribution >= 0.6 is 29.7 Å². The minimum atomic E-state index is -3.83. The van der Waals surface area contributed by atoms with Gasteiger partial charge in [0.05, 0.1) is 7.11 Å². The maximum atomic E-state index is 12.0. The Balaban J connectivity index is 2.76. The van der Waals surface area contributed by atoms with Crippen LogP contribution in [0, 0.1) is 12.3 Å². The minimum Gasteiger partial charge on any atom is -0.467 e. The number of terminal acetylenes is 1. The van der Waals surface area contributed by atoms with Crippen molar-refractivity contribution in [2.45, 2.75) is 6.04 Å². The summed E-state index contributed by atoms with van der Waals surface area (Å²) < 4.78 is 21.4. The van der Waals surface area contributed by atoms with Crippen LogP contribution in [0.3, 0.4) is 0 Å². The van der Waals surface area contributed by atoms with Gasteiger partial charge in [-0.25, -0.2) is 9.36 Å². The molecule has 2 atom stereocenters. The van der Waals surface area contributed by atoms with Crippen LogP contribution < -0.4 is 9.61 Å². The molecule has 0 aliphatic heterocycles. The number of nitrogens with one attached hydrogen (secondary N) is 1. The lowest BCUT2D eigenvalue weighted by Gasteiger charge is -2.16. The molecule has 0 amide bonds. The minimum absolute atomic E-state index is 0.218. The van der Waals surface area contributed by atoms with E-state index in [0.717, 1.165) is 7.11 Å². The third-order valence-corrected chi connectivity index (χ3v) is 3.69. The molecule has 0 saturated heterocycles. The summed E-state index contributed by atoms with van der Waals surface area (Å²) in [5.41, 5.74) is 0. The van der Waals surface area contributed by atoms with E-state index in [0.29, 0.717) is 5.02 Å². The normalized spacial score (nSPS) is 14.8. The van der Waals surface area contributed by atoms with Gasteiger partial charge in [-0.2, -0.15) is 5.09 Å². The molecule has 0 bridgehead atoms. The molecule has 1 unspecified atom stereocenters. The summed E-state index contributed by atoms with van der Waals surface area (Å²) in [6, 6.07) is 4.75. The van der Waals surface area contributed by atoms with Gasteiger partial charge in [-0.1, -0.05) is 17.5 Å². The van der Waals surface area contributed by atoms with Crippen molar-refractivity contribution in [3.8, 4) is 18.1 Å². The van der Waals surface area contributed by atoms with Gasteiger partial charge in [0.1, 0.15) is 5.75 Å². The zero-order valence-corrected chi connectivity index (χ0v) is 12.2. The highest BCUT2D eigenvalue weighted by Gasteiger charge is 2.29. The van der Waals surface area contributed by atoms with Crippen LogP contribution in [0.15, 0.2) is 24.3 Å². The van der Waals surface area contributed by atoms with Gasteiger partial charge in [-0.05, 0) is 24.3 Å².